The second-order valence-corrected chi connectivity index (χ2v) is 11.2. The zero-order chi connectivity index (χ0) is 25.3. The Morgan fingerprint density at radius 1 is 0.861 bits per heavy atom. The molecule has 0 aliphatic heterocycles. The number of esters is 1. The van der Waals surface area contributed by atoms with E-state index in [0.717, 1.165) is 24.8 Å². The maximum Gasteiger partial charge on any atom is 0.335 e. The van der Waals surface area contributed by atoms with Crippen LogP contribution in [0.2, 0.25) is 0 Å². The number of aromatic nitrogens is 2. The Morgan fingerprint density at radius 3 is 2.14 bits per heavy atom. The van der Waals surface area contributed by atoms with Crippen LogP contribution in [0.5, 0.6) is 5.75 Å². The van der Waals surface area contributed by atoms with Crippen LogP contribution in [0.1, 0.15) is 116 Å². The minimum Gasteiger partial charge on any atom is -0.420 e. The van der Waals surface area contributed by atoms with Gasteiger partial charge in [-0.25, -0.2) is 14.8 Å². The van der Waals surface area contributed by atoms with Crippen LogP contribution in [0, 0.1) is 5.41 Å². The second kappa shape index (κ2) is 12.7. The number of hydrogen-bond acceptors (Lipinski definition) is 4. The van der Waals surface area contributed by atoms with Gasteiger partial charge in [0.15, 0.2) is 11.6 Å². The Labute approximate surface area is 218 Å². The van der Waals surface area contributed by atoms with Crippen LogP contribution >= 0.6 is 0 Å². The monoisotopic (exact) mass is 488 g/mol. The number of rotatable bonds is 13. The summed E-state index contributed by atoms with van der Waals surface area (Å²) in [6.45, 7) is 4.42. The van der Waals surface area contributed by atoms with Gasteiger partial charge in [0.05, 0.1) is 12.4 Å². The molecule has 2 bridgehead atoms. The predicted molar refractivity (Wildman–Crippen MR) is 147 cm³/mol. The van der Waals surface area contributed by atoms with Crippen molar-refractivity contribution >= 4 is 5.97 Å². The van der Waals surface area contributed by atoms with E-state index < -0.39 is 0 Å². The number of carbonyl (C=O) groups excluding carboxylic acids is 1. The molecule has 0 unspecified atom stereocenters. The van der Waals surface area contributed by atoms with Gasteiger partial charge in [-0.1, -0.05) is 89.1 Å². The highest BCUT2D eigenvalue weighted by molar-refractivity contribution is 5.83. The third-order valence-electron chi connectivity index (χ3n) is 8.79. The van der Waals surface area contributed by atoms with Gasteiger partial charge >= 0.3 is 5.97 Å². The summed E-state index contributed by atoms with van der Waals surface area (Å²) in [4.78, 5) is 20.8. The average Bonchev–Trinajstić information content (AvgIpc) is 2.93. The summed E-state index contributed by atoms with van der Waals surface area (Å²) in [5.41, 5.74) is 3.49. The largest absolute Gasteiger partial charge is 0.420 e. The molecular weight excluding hydrogens is 444 g/mol. The smallest absolute Gasteiger partial charge is 0.335 e. The average molecular weight is 489 g/mol. The summed E-state index contributed by atoms with van der Waals surface area (Å²) in [5, 5.41) is 0. The zero-order valence-corrected chi connectivity index (χ0v) is 22.4. The van der Waals surface area contributed by atoms with E-state index in [-0.39, 0.29) is 5.97 Å². The fraction of sp³-hybridized carbons (Fsp3) is 0.594. The third-order valence-corrected chi connectivity index (χ3v) is 8.79. The first-order valence-electron chi connectivity index (χ1n) is 14.4. The molecule has 0 atom stereocenters. The van der Waals surface area contributed by atoms with E-state index in [1.807, 2.05) is 6.08 Å². The van der Waals surface area contributed by atoms with Crippen molar-refractivity contribution in [3.63, 3.8) is 0 Å². The van der Waals surface area contributed by atoms with Crippen molar-refractivity contribution in [3.05, 3.63) is 54.4 Å². The molecule has 194 valence electrons. The van der Waals surface area contributed by atoms with Crippen molar-refractivity contribution < 1.29 is 9.53 Å². The molecule has 3 fully saturated rings. The molecule has 1 heterocycles. The van der Waals surface area contributed by atoms with Crippen LogP contribution in [0.3, 0.4) is 0 Å². The molecule has 4 nitrogen and oxygen atoms in total. The van der Waals surface area contributed by atoms with E-state index in [9.17, 15) is 4.79 Å². The quantitative estimate of drug-likeness (QED) is 0.161. The minimum atomic E-state index is -0.383. The summed E-state index contributed by atoms with van der Waals surface area (Å²) in [7, 11) is 0. The van der Waals surface area contributed by atoms with Gasteiger partial charge in [0.1, 0.15) is 0 Å². The predicted octanol–water partition coefficient (Wildman–Crippen LogP) is 8.75. The zero-order valence-electron chi connectivity index (χ0n) is 22.4. The molecule has 1 aromatic heterocycles. The summed E-state index contributed by atoms with van der Waals surface area (Å²) in [6.07, 6.45) is 26.2. The molecule has 0 radical (unpaired) electrons. The molecule has 3 saturated carbocycles. The van der Waals surface area contributed by atoms with Crippen LogP contribution in [-0.4, -0.2) is 15.9 Å². The first-order valence-corrected chi connectivity index (χ1v) is 14.4. The Balaban J connectivity index is 1.30. The lowest BCUT2D eigenvalue weighted by Crippen LogP contribution is -2.44. The van der Waals surface area contributed by atoms with Crippen LogP contribution < -0.4 is 4.74 Å². The van der Waals surface area contributed by atoms with Gasteiger partial charge in [0, 0.05) is 11.6 Å². The lowest BCUT2D eigenvalue weighted by Gasteiger charge is -2.54. The molecule has 3 aliphatic rings. The van der Waals surface area contributed by atoms with Crippen LogP contribution in [-0.2, 0) is 10.2 Å². The first kappa shape index (κ1) is 26.6. The van der Waals surface area contributed by atoms with Gasteiger partial charge < -0.3 is 4.74 Å². The maximum atomic E-state index is 11.9. The number of unbranched alkanes of at least 4 members (excludes halogenated alkanes) is 6. The van der Waals surface area contributed by atoms with E-state index in [1.54, 1.807) is 12.4 Å². The molecule has 0 spiro atoms. The number of nitrogens with zero attached hydrogens (tertiary/aromatic N) is 2. The molecule has 4 heteroatoms. The SMILES string of the molecule is CCCC/C=C/C(=O)Oc1cnc(-c2ccc(C34CCC(CCCCCCC)(CC3)CC4)cc2)nc1. The van der Waals surface area contributed by atoms with Crippen molar-refractivity contribution in [2.75, 3.05) is 0 Å². The molecule has 36 heavy (non-hydrogen) atoms. The number of hydrogen-bond donors (Lipinski definition) is 0. The fourth-order valence-corrected chi connectivity index (χ4v) is 6.32. The first-order chi connectivity index (χ1) is 17.6. The highest BCUT2D eigenvalue weighted by atomic mass is 16.5. The molecule has 3 aliphatic carbocycles. The summed E-state index contributed by atoms with van der Waals surface area (Å²) >= 11 is 0. The number of carbonyl (C=O) groups is 1. The van der Waals surface area contributed by atoms with Crippen molar-refractivity contribution in [1.82, 2.24) is 9.97 Å². The lowest BCUT2D eigenvalue weighted by atomic mass is 9.51. The van der Waals surface area contributed by atoms with Crippen LogP contribution in [0.25, 0.3) is 11.4 Å². The van der Waals surface area contributed by atoms with Gasteiger partial charge in [-0.3, -0.25) is 0 Å². The lowest BCUT2D eigenvalue weighted by molar-refractivity contribution is -0.129. The number of fused-ring (bicyclic) bond motifs is 3. The molecule has 5 rings (SSSR count). The fourth-order valence-electron chi connectivity index (χ4n) is 6.32. The van der Waals surface area contributed by atoms with E-state index in [0.29, 0.717) is 22.4 Å². The molecule has 0 N–H and O–H groups in total. The Bertz CT molecular complexity index is 969. The minimum absolute atomic E-state index is 0.367. The molecule has 2 aromatic rings. The third kappa shape index (κ3) is 6.63. The normalized spacial score (nSPS) is 23.3. The molecule has 0 saturated heterocycles. The van der Waals surface area contributed by atoms with Crippen LogP contribution in [0.4, 0.5) is 0 Å². The van der Waals surface area contributed by atoms with Gasteiger partial charge in [0.2, 0.25) is 0 Å². The Morgan fingerprint density at radius 2 is 1.50 bits per heavy atom. The van der Waals surface area contributed by atoms with E-state index in [4.69, 9.17) is 4.74 Å². The van der Waals surface area contributed by atoms with Crippen LogP contribution in [0.15, 0.2) is 48.8 Å². The van der Waals surface area contributed by atoms with Crippen molar-refractivity contribution in [3.8, 4) is 17.1 Å². The van der Waals surface area contributed by atoms with Crippen molar-refractivity contribution in [2.45, 2.75) is 116 Å². The van der Waals surface area contributed by atoms with Crippen molar-refractivity contribution in [2.24, 2.45) is 5.41 Å². The number of ether oxygens (including phenoxy) is 1. The van der Waals surface area contributed by atoms with Gasteiger partial charge in [0.25, 0.3) is 0 Å². The van der Waals surface area contributed by atoms with Gasteiger partial charge in [-0.15, -0.1) is 0 Å². The number of allylic oxidation sites excluding steroid dienone is 1. The van der Waals surface area contributed by atoms with Gasteiger partial charge in [-0.2, -0.15) is 0 Å². The van der Waals surface area contributed by atoms with Gasteiger partial charge in [-0.05, 0) is 67.8 Å². The summed E-state index contributed by atoms with van der Waals surface area (Å²) < 4.78 is 5.32. The topological polar surface area (TPSA) is 52.1 Å². The molecular formula is C32H44N2O2. The maximum absolute atomic E-state index is 11.9. The van der Waals surface area contributed by atoms with E-state index in [2.05, 4.69) is 48.1 Å². The standard InChI is InChI=1S/C32H44N2O2/c1-3-5-7-9-11-17-31-18-21-32(22-19-31,23-20-31)27-15-13-26(14-16-27)30-33-24-28(25-34-30)36-29(35)12-10-8-6-4-2/h10,12-16,24-25H,3-9,11,17-23H2,1-2H3/b12-10+. The Hall–Kier alpha value is -2.49. The highest BCUT2D eigenvalue weighted by Gasteiger charge is 2.48. The van der Waals surface area contributed by atoms with E-state index in [1.165, 1.54) is 88.7 Å². The van der Waals surface area contributed by atoms with Crippen molar-refractivity contribution in [1.29, 1.82) is 0 Å². The summed E-state index contributed by atoms with van der Waals surface area (Å²) in [6, 6.07) is 8.92. The highest BCUT2D eigenvalue weighted by Crippen LogP contribution is 2.59. The summed E-state index contributed by atoms with van der Waals surface area (Å²) in [5.74, 6) is 0.649. The molecule has 0 amide bonds. The van der Waals surface area contributed by atoms with E-state index >= 15 is 0 Å². The molecule has 1 aromatic carbocycles. The second-order valence-electron chi connectivity index (χ2n) is 11.2. The Kier molecular flexibility index (Phi) is 9.34. The number of benzene rings is 1.